The van der Waals surface area contributed by atoms with E-state index >= 15 is 0 Å². The highest BCUT2D eigenvalue weighted by molar-refractivity contribution is 7.18. The standard InChI is InChI=1S/C28H24F3N5O4S/c1-14-3-4-16(26(38)35-19-6-5-17(11-40-15(2)37)21(10-19)28(29,30)31)9-22(14)36-27(39)20-12-41-24-23(20)32-13-33-25(24)34-18-7-8-18/h3-6,9-10,12-13,18H,7-8,11H2,1-2H3,(H,35,38)(H,36,39)(H,32,33,34). The Balaban J connectivity index is 1.34. The van der Waals surface area contributed by atoms with Crippen molar-refractivity contribution in [2.75, 3.05) is 16.0 Å². The summed E-state index contributed by atoms with van der Waals surface area (Å²) < 4.78 is 46.4. The molecule has 0 bridgehead atoms. The van der Waals surface area contributed by atoms with Gasteiger partial charge in [0.1, 0.15) is 18.8 Å². The molecule has 9 nitrogen and oxygen atoms in total. The Bertz CT molecular complexity index is 1670. The number of nitrogens with one attached hydrogen (secondary N) is 3. The summed E-state index contributed by atoms with van der Waals surface area (Å²) in [6, 6.07) is 8.17. The maximum Gasteiger partial charge on any atom is 0.416 e. The average Bonchev–Trinajstić information content (AvgIpc) is 3.62. The summed E-state index contributed by atoms with van der Waals surface area (Å²) in [5.74, 6) is -1.13. The number of esters is 1. The van der Waals surface area contributed by atoms with Crippen LogP contribution in [-0.2, 0) is 22.3 Å². The number of amides is 2. The fourth-order valence-electron chi connectivity index (χ4n) is 4.05. The first-order chi connectivity index (χ1) is 19.5. The number of thiophene rings is 1. The van der Waals surface area contributed by atoms with Crippen molar-refractivity contribution >= 4 is 56.5 Å². The number of ether oxygens (including phenoxy) is 1. The van der Waals surface area contributed by atoms with Crippen LogP contribution >= 0.6 is 11.3 Å². The second-order valence-corrected chi connectivity index (χ2v) is 10.4. The molecule has 5 rings (SSSR count). The van der Waals surface area contributed by atoms with Crippen LogP contribution in [0.25, 0.3) is 10.2 Å². The summed E-state index contributed by atoms with van der Waals surface area (Å²) in [5, 5.41) is 10.3. The molecule has 1 fully saturated rings. The Hall–Kier alpha value is -4.52. The van der Waals surface area contributed by atoms with E-state index < -0.39 is 36.1 Å². The molecule has 1 aliphatic rings. The van der Waals surface area contributed by atoms with Gasteiger partial charge in [-0.1, -0.05) is 12.1 Å². The van der Waals surface area contributed by atoms with Gasteiger partial charge in [-0.3, -0.25) is 14.4 Å². The molecule has 0 aliphatic heterocycles. The van der Waals surface area contributed by atoms with E-state index in [1.165, 1.54) is 35.9 Å². The number of nitrogens with zero attached hydrogens (tertiary/aromatic N) is 2. The van der Waals surface area contributed by atoms with Crippen LogP contribution in [0, 0.1) is 6.92 Å². The van der Waals surface area contributed by atoms with Gasteiger partial charge in [0.25, 0.3) is 11.8 Å². The summed E-state index contributed by atoms with van der Waals surface area (Å²) in [7, 11) is 0. The maximum atomic E-state index is 13.6. The molecule has 2 amide bonds. The predicted octanol–water partition coefficient (Wildman–Crippen LogP) is 6.16. The lowest BCUT2D eigenvalue weighted by molar-refractivity contribution is -0.145. The monoisotopic (exact) mass is 583 g/mol. The van der Waals surface area contributed by atoms with Gasteiger partial charge in [0.05, 0.1) is 21.3 Å². The number of anilines is 3. The van der Waals surface area contributed by atoms with Crippen LogP contribution in [0.15, 0.2) is 48.1 Å². The minimum Gasteiger partial charge on any atom is -0.461 e. The number of halogens is 3. The molecule has 1 saturated carbocycles. The lowest BCUT2D eigenvalue weighted by Crippen LogP contribution is -2.17. The smallest absolute Gasteiger partial charge is 0.416 e. The van der Waals surface area contributed by atoms with Crippen molar-refractivity contribution in [1.82, 2.24) is 9.97 Å². The molecule has 2 aromatic heterocycles. The van der Waals surface area contributed by atoms with Crippen molar-refractivity contribution in [3.05, 3.63) is 75.9 Å². The van der Waals surface area contributed by atoms with Gasteiger partial charge in [0, 0.05) is 40.8 Å². The molecule has 1 aliphatic carbocycles. The van der Waals surface area contributed by atoms with E-state index in [9.17, 15) is 27.6 Å². The zero-order valence-corrected chi connectivity index (χ0v) is 22.7. The van der Waals surface area contributed by atoms with Gasteiger partial charge in [-0.15, -0.1) is 11.3 Å². The highest BCUT2D eigenvalue weighted by atomic mass is 32.1. The van der Waals surface area contributed by atoms with Gasteiger partial charge >= 0.3 is 12.1 Å². The molecule has 0 unspecified atom stereocenters. The van der Waals surface area contributed by atoms with Gasteiger partial charge in [-0.05, 0) is 49.6 Å². The lowest BCUT2D eigenvalue weighted by Gasteiger charge is -2.15. The molecule has 2 aromatic carbocycles. The molecule has 41 heavy (non-hydrogen) atoms. The molecule has 0 atom stereocenters. The molecule has 3 N–H and O–H groups in total. The molecule has 0 spiro atoms. The molecular weight excluding hydrogens is 559 g/mol. The SMILES string of the molecule is CC(=O)OCc1ccc(NC(=O)c2ccc(C)c(NC(=O)c3csc4c(NC5CC5)ncnc34)c2)cc1C(F)(F)F. The van der Waals surface area contributed by atoms with Crippen LogP contribution in [0.1, 0.15) is 57.2 Å². The number of rotatable bonds is 8. The Morgan fingerprint density at radius 3 is 2.54 bits per heavy atom. The van der Waals surface area contributed by atoms with Crippen LogP contribution in [0.4, 0.5) is 30.4 Å². The van der Waals surface area contributed by atoms with E-state index in [0.717, 1.165) is 36.6 Å². The number of benzene rings is 2. The van der Waals surface area contributed by atoms with E-state index in [4.69, 9.17) is 4.74 Å². The van der Waals surface area contributed by atoms with E-state index in [1.807, 2.05) is 0 Å². The average molecular weight is 584 g/mol. The zero-order valence-electron chi connectivity index (χ0n) is 21.9. The third-order valence-corrected chi connectivity index (χ3v) is 7.34. The number of hydrogen-bond donors (Lipinski definition) is 3. The van der Waals surface area contributed by atoms with Crippen molar-refractivity contribution < 1.29 is 32.3 Å². The zero-order chi connectivity index (χ0) is 29.3. The first-order valence-electron chi connectivity index (χ1n) is 12.5. The highest BCUT2D eigenvalue weighted by Crippen LogP contribution is 2.35. The second-order valence-electron chi connectivity index (χ2n) is 9.56. The quantitative estimate of drug-likeness (QED) is 0.212. The first kappa shape index (κ1) is 28.0. The van der Waals surface area contributed by atoms with Crippen LogP contribution in [-0.4, -0.2) is 33.8 Å². The molecule has 2 heterocycles. The highest BCUT2D eigenvalue weighted by Gasteiger charge is 2.34. The van der Waals surface area contributed by atoms with Crippen molar-refractivity contribution in [1.29, 1.82) is 0 Å². The van der Waals surface area contributed by atoms with Crippen molar-refractivity contribution in [2.45, 2.75) is 45.5 Å². The number of alkyl halides is 3. The molecule has 0 radical (unpaired) electrons. The van der Waals surface area contributed by atoms with Gasteiger partial charge in [0.15, 0.2) is 0 Å². The summed E-state index contributed by atoms with van der Waals surface area (Å²) >= 11 is 1.35. The molecule has 0 saturated heterocycles. The van der Waals surface area contributed by atoms with E-state index in [0.29, 0.717) is 34.2 Å². The van der Waals surface area contributed by atoms with Crippen LogP contribution in [0.5, 0.6) is 0 Å². The number of aryl methyl sites for hydroxylation is 1. The van der Waals surface area contributed by atoms with E-state index in [1.54, 1.807) is 18.4 Å². The van der Waals surface area contributed by atoms with Crippen LogP contribution in [0.3, 0.4) is 0 Å². The van der Waals surface area contributed by atoms with Crippen molar-refractivity contribution in [2.24, 2.45) is 0 Å². The minimum atomic E-state index is -4.73. The van der Waals surface area contributed by atoms with E-state index in [2.05, 4.69) is 25.9 Å². The summed E-state index contributed by atoms with van der Waals surface area (Å²) in [5.41, 5.74) is 0.652. The first-order valence-corrected chi connectivity index (χ1v) is 13.4. The molecule has 13 heteroatoms. The second kappa shape index (κ2) is 11.2. The Morgan fingerprint density at radius 2 is 1.83 bits per heavy atom. The predicted molar refractivity (Wildman–Crippen MR) is 148 cm³/mol. The topological polar surface area (TPSA) is 122 Å². The van der Waals surface area contributed by atoms with E-state index in [-0.39, 0.29) is 16.8 Å². The van der Waals surface area contributed by atoms with Gasteiger partial charge in [-0.2, -0.15) is 13.2 Å². The maximum absolute atomic E-state index is 13.6. The minimum absolute atomic E-state index is 0.0971. The molecule has 212 valence electrons. The van der Waals surface area contributed by atoms with Crippen LogP contribution in [0.2, 0.25) is 0 Å². The Labute approximate surface area is 236 Å². The van der Waals surface area contributed by atoms with Crippen LogP contribution < -0.4 is 16.0 Å². The third kappa shape index (κ3) is 6.46. The fourth-order valence-corrected chi connectivity index (χ4v) is 5.00. The summed E-state index contributed by atoms with van der Waals surface area (Å²) in [6.45, 7) is 2.30. The number of hydrogen-bond acceptors (Lipinski definition) is 8. The number of carbonyl (C=O) groups excluding carboxylic acids is 3. The third-order valence-electron chi connectivity index (χ3n) is 6.37. The number of aromatic nitrogens is 2. The Kier molecular flexibility index (Phi) is 7.63. The molecule has 4 aromatic rings. The Morgan fingerprint density at radius 1 is 1.05 bits per heavy atom. The number of fused-ring (bicyclic) bond motifs is 1. The molecular formula is C28H24F3N5O4S. The lowest BCUT2D eigenvalue weighted by atomic mass is 10.1. The van der Waals surface area contributed by atoms with Gasteiger partial charge in [0.2, 0.25) is 0 Å². The van der Waals surface area contributed by atoms with Gasteiger partial charge in [-0.25, -0.2) is 9.97 Å². The number of carbonyl (C=O) groups is 3. The van der Waals surface area contributed by atoms with Gasteiger partial charge < -0.3 is 20.7 Å². The summed E-state index contributed by atoms with van der Waals surface area (Å²) in [4.78, 5) is 45.8. The normalized spacial score (nSPS) is 13.1. The summed E-state index contributed by atoms with van der Waals surface area (Å²) in [6.07, 6.45) is -1.20. The fraction of sp³-hybridized carbons (Fsp3) is 0.250. The van der Waals surface area contributed by atoms with Crippen molar-refractivity contribution in [3.8, 4) is 0 Å². The van der Waals surface area contributed by atoms with Crippen molar-refractivity contribution in [3.63, 3.8) is 0 Å². The largest absolute Gasteiger partial charge is 0.461 e.